The van der Waals surface area contributed by atoms with Crippen LogP contribution in [0.25, 0.3) is 0 Å². The highest BCUT2D eigenvalue weighted by Crippen LogP contribution is 2.24. The lowest BCUT2D eigenvalue weighted by Gasteiger charge is -2.32. The minimum Gasteiger partial charge on any atom is -0.356 e. The molecule has 1 atom stereocenters. The predicted octanol–water partition coefficient (Wildman–Crippen LogP) is 2.95. The number of hydrogen-bond acceptors (Lipinski definition) is 4. The van der Waals surface area contributed by atoms with Crippen LogP contribution in [0.15, 0.2) is 24.4 Å². The molecule has 2 aromatic rings. The minimum absolute atomic E-state index is 0.0419. The first-order valence-electron chi connectivity index (χ1n) is 9.54. The number of carbonyl (C=O) groups is 1. The molecule has 26 heavy (non-hydrogen) atoms. The van der Waals surface area contributed by atoms with Gasteiger partial charge in [-0.3, -0.25) is 9.48 Å². The average molecular weight is 355 g/mol. The highest BCUT2D eigenvalue weighted by molar-refractivity contribution is 5.98. The quantitative estimate of drug-likeness (QED) is 0.809. The number of rotatable bonds is 6. The number of nitrogens with zero attached hydrogens (tertiary/aromatic N) is 4. The maximum atomic E-state index is 12.7. The number of carbonyl (C=O) groups excluding carboxylic acids is 1. The third-order valence-corrected chi connectivity index (χ3v) is 4.92. The van der Waals surface area contributed by atoms with E-state index in [0.29, 0.717) is 18.0 Å². The van der Waals surface area contributed by atoms with Crippen LogP contribution in [0.4, 0.5) is 5.82 Å². The Hall–Kier alpha value is -2.37. The number of piperidine rings is 1. The van der Waals surface area contributed by atoms with Crippen molar-refractivity contribution in [3.8, 4) is 0 Å². The van der Waals surface area contributed by atoms with Crippen LogP contribution in [0.5, 0.6) is 0 Å². The molecule has 3 heterocycles. The number of aryl methyl sites for hydroxylation is 3. The summed E-state index contributed by atoms with van der Waals surface area (Å²) in [6.07, 6.45) is 5.02. The van der Waals surface area contributed by atoms with Gasteiger partial charge in [0.1, 0.15) is 5.82 Å². The van der Waals surface area contributed by atoms with Crippen molar-refractivity contribution in [2.75, 3.05) is 24.5 Å². The molecule has 0 spiro atoms. The molecule has 1 amide bonds. The highest BCUT2D eigenvalue weighted by Gasteiger charge is 2.22. The smallest absolute Gasteiger partial charge is 0.255 e. The van der Waals surface area contributed by atoms with Crippen LogP contribution in [0, 0.1) is 19.8 Å². The van der Waals surface area contributed by atoms with E-state index in [1.165, 1.54) is 6.42 Å². The van der Waals surface area contributed by atoms with Gasteiger partial charge >= 0.3 is 0 Å². The van der Waals surface area contributed by atoms with Crippen molar-refractivity contribution in [3.63, 3.8) is 0 Å². The van der Waals surface area contributed by atoms with Crippen molar-refractivity contribution in [2.45, 2.75) is 46.6 Å². The topological polar surface area (TPSA) is 63.1 Å². The molecule has 3 rings (SSSR count). The third kappa shape index (κ3) is 4.42. The van der Waals surface area contributed by atoms with Crippen LogP contribution in [0.3, 0.4) is 0 Å². The lowest BCUT2D eigenvalue weighted by atomic mass is 10.00. The van der Waals surface area contributed by atoms with Crippen LogP contribution in [0.2, 0.25) is 0 Å². The second kappa shape index (κ2) is 8.34. The summed E-state index contributed by atoms with van der Waals surface area (Å²) in [4.78, 5) is 19.4. The van der Waals surface area contributed by atoms with Gasteiger partial charge in [-0.15, -0.1) is 0 Å². The molecule has 140 valence electrons. The molecular weight excluding hydrogens is 326 g/mol. The van der Waals surface area contributed by atoms with E-state index in [1.54, 1.807) is 6.20 Å². The Morgan fingerprint density at radius 3 is 2.96 bits per heavy atom. The van der Waals surface area contributed by atoms with Crippen LogP contribution in [-0.2, 0) is 6.54 Å². The minimum atomic E-state index is -0.0419. The Labute approximate surface area is 155 Å². The third-order valence-electron chi connectivity index (χ3n) is 4.92. The Bertz CT molecular complexity index is 754. The summed E-state index contributed by atoms with van der Waals surface area (Å²) in [5, 5.41) is 7.49. The van der Waals surface area contributed by atoms with Gasteiger partial charge in [-0.25, -0.2) is 4.98 Å². The van der Waals surface area contributed by atoms with Gasteiger partial charge in [0.25, 0.3) is 5.91 Å². The second-order valence-corrected chi connectivity index (χ2v) is 7.33. The number of hydrogen-bond donors (Lipinski definition) is 1. The first kappa shape index (κ1) is 18.4. The molecule has 1 fully saturated rings. The van der Waals surface area contributed by atoms with E-state index in [1.807, 2.05) is 23.7 Å². The van der Waals surface area contributed by atoms with E-state index in [0.717, 1.165) is 49.7 Å². The molecule has 0 radical (unpaired) electrons. The predicted molar refractivity (Wildman–Crippen MR) is 103 cm³/mol. The van der Waals surface area contributed by atoms with E-state index >= 15 is 0 Å². The molecule has 1 saturated heterocycles. The van der Waals surface area contributed by atoms with Gasteiger partial charge in [0, 0.05) is 38.1 Å². The summed E-state index contributed by atoms with van der Waals surface area (Å²) < 4.78 is 1.99. The van der Waals surface area contributed by atoms with Gasteiger partial charge < -0.3 is 10.2 Å². The number of amides is 1. The molecule has 1 unspecified atom stereocenters. The maximum absolute atomic E-state index is 12.7. The first-order valence-corrected chi connectivity index (χ1v) is 9.54. The number of nitrogens with one attached hydrogen (secondary N) is 1. The molecule has 2 aromatic heterocycles. The largest absolute Gasteiger partial charge is 0.356 e. The zero-order valence-corrected chi connectivity index (χ0v) is 16.0. The molecule has 1 aliphatic heterocycles. The average Bonchev–Trinajstić information content (AvgIpc) is 2.96. The number of aromatic nitrogens is 3. The van der Waals surface area contributed by atoms with E-state index in [4.69, 9.17) is 0 Å². The van der Waals surface area contributed by atoms with Crippen molar-refractivity contribution in [1.29, 1.82) is 0 Å². The van der Waals surface area contributed by atoms with Crippen molar-refractivity contribution >= 4 is 11.7 Å². The molecular formula is C20H29N5O. The summed E-state index contributed by atoms with van der Waals surface area (Å²) in [6.45, 7) is 9.69. The summed E-state index contributed by atoms with van der Waals surface area (Å²) in [7, 11) is 0. The zero-order valence-electron chi connectivity index (χ0n) is 16.0. The van der Waals surface area contributed by atoms with Crippen molar-refractivity contribution in [1.82, 2.24) is 20.1 Å². The van der Waals surface area contributed by atoms with Crippen LogP contribution >= 0.6 is 0 Å². The van der Waals surface area contributed by atoms with Gasteiger partial charge in [0.2, 0.25) is 0 Å². The van der Waals surface area contributed by atoms with Gasteiger partial charge in [0.05, 0.1) is 11.3 Å². The first-order chi connectivity index (χ1) is 12.5. The number of anilines is 1. The summed E-state index contributed by atoms with van der Waals surface area (Å²) in [5.41, 5.74) is 2.86. The Morgan fingerprint density at radius 1 is 1.38 bits per heavy atom. The monoisotopic (exact) mass is 355 g/mol. The summed E-state index contributed by atoms with van der Waals surface area (Å²) >= 11 is 0. The maximum Gasteiger partial charge on any atom is 0.255 e. The fraction of sp³-hybridized carbons (Fsp3) is 0.550. The molecule has 6 nitrogen and oxygen atoms in total. The van der Waals surface area contributed by atoms with E-state index in [2.05, 4.69) is 40.2 Å². The SMILES string of the molecule is Cc1cc(C)n(CCCNC(=O)c2cccnc2N2CCCC(C)C2)n1. The van der Waals surface area contributed by atoms with Gasteiger partial charge in [-0.05, 0) is 57.2 Å². The molecule has 0 saturated carbocycles. The lowest BCUT2D eigenvalue weighted by molar-refractivity contribution is 0.0952. The molecule has 0 aromatic carbocycles. The normalized spacial score (nSPS) is 17.3. The van der Waals surface area contributed by atoms with Crippen molar-refractivity contribution < 1.29 is 4.79 Å². The Kier molecular flexibility index (Phi) is 5.91. The van der Waals surface area contributed by atoms with Crippen LogP contribution < -0.4 is 10.2 Å². The Balaban J connectivity index is 1.57. The van der Waals surface area contributed by atoms with E-state index in [9.17, 15) is 4.79 Å². The standard InChI is InChI=1S/C20H29N5O/c1-15-7-5-11-24(14-15)19-18(8-4-9-21-19)20(26)22-10-6-12-25-17(3)13-16(2)23-25/h4,8-9,13,15H,5-7,10-12,14H2,1-3H3,(H,22,26). The van der Waals surface area contributed by atoms with E-state index in [-0.39, 0.29) is 5.91 Å². The second-order valence-electron chi connectivity index (χ2n) is 7.33. The molecule has 6 heteroatoms. The van der Waals surface area contributed by atoms with E-state index < -0.39 is 0 Å². The highest BCUT2D eigenvalue weighted by atomic mass is 16.1. The fourth-order valence-corrected chi connectivity index (χ4v) is 3.64. The van der Waals surface area contributed by atoms with Crippen molar-refractivity contribution in [2.24, 2.45) is 5.92 Å². The van der Waals surface area contributed by atoms with Gasteiger partial charge in [-0.2, -0.15) is 5.10 Å². The molecule has 0 aliphatic carbocycles. The Morgan fingerprint density at radius 2 is 2.23 bits per heavy atom. The summed E-state index contributed by atoms with van der Waals surface area (Å²) in [6, 6.07) is 5.78. The van der Waals surface area contributed by atoms with Gasteiger partial charge in [-0.1, -0.05) is 6.92 Å². The van der Waals surface area contributed by atoms with Gasteiger partial charge in [0.15, 0.2) is 0 Å². The van der Waals surface area contributed by atoms with Crippen LogP contribution in [0.1, 0.15) is 47.9 Å². The fourth-order valence-electron chi connectivity index (χ4n) is 3.64. The summed E-state index contributed by atoms with van der Waals surface area (Å²) in [5.74, 6) is 1.41. The molecule has 1 N–H and O–H groups in total. The van der Waals surface area contributed by atoms with Crippen LogP contribution in [-0.4, -0.2) is 40.3 Å². The van der Waals surface area contributed by atoms with Crippen molar-refractivity contribution in [3.05, 3.63) is 41.3 Å². The molecule has 1 aliphatic rings. The zero-order chi connectivity index (χ0) is 18.5. The number of pyridine rings is 1. The molecule has 0 bridgehead atoms. The lowest BCUT2D eigenvalue weighted by Crippen LogP contribution is -2.37.